The molecule has 4 aromatic rings. The standard InChI is InChI=1S/C25H26N4O3S/c1-3-29(4-2)33(31,32)21-12-8-11-20(15-21)25(30)28-24(18-9-6-5-7-10-18)19-13-14-22-23(16-19)27-17-26-22/h5-17,24H,3-4H2,1-2H3,(H,26,27)(H,28,30). The number of carbonyl (C=O) groups is 1. The zero-order chi connectivity index (χ0) is 23.4. The van der Waals surface area contributed by atoms with Crippen molar-refractivity contribution >= 4 is 27.0 Å². The lowest BCUT2D eigenvalue weighted by Gasteiger charge is -2.21. The van der Waals surface area contributed by atoms with Gasteiger partial charge in [0.05, 0.1) is 28.3 Å². The summed E-state index contributed by atoms with van der Waals surface area (Å²) in [5.74, 6) is -0.356. The van der Waals surface area contributed by atoms with E-state index in [4.69, 9.17) is 0 Å². The number of aromatic nitrogens is 2. The van der Waals surface area contributed by atoms with Gasteiger partial charge in [0.15, 0.2) is 0 Å². The van der Waals surface area contributed by atoms with E-state index < -0.39 is 16.1 Å². The molecule has 170 valence electrons. The Labute approximate surface area is 193 Å². The Morgan fingerprint density at radius 1 is 0.970 bits per heavy atom. The van der Waals surface area contributed by atoms with E-state index in [9.17, 15) is 13.2 Å². The number of carbonyl (C=O) groups excluding carboxylic acids is 1. The summed E-state index contributed by atoms with van der Waals surface area (Å²) in [5, 5.41) is 3.08. The molecule has 7 nitrogen and oxygen atoms in total. The van der Waals surface area contributed by atoms with Gasteiger partial charge in [-0.15, -0.1) is 0 Å². The van der Waals surface area contributed by atoms with Crippen LogP contribution in [0.1, 0.15) is 41.4 Å². The maximum Gasteiger partial charge on any atom is 0.252 e. The number of hydrogen-bond donors (Lipinski definition) is 2. The molecule has 1 heterocycles. The molecule has 3 aromatic carbocycles. The smallest absolute Gasteiger partial charge is 0.252 e. The number of hydrogen-bond acceptors (Lipinski definition) is 4. The zero-order valence-electron chi connectivity index (χ0n) is 18.5. The molecule has 0 radical (unpaired) electrons. The number of benzene rings is 3. The third-order valence-corrected chi connectivity index (χ3v) is 7.67. The molecule has 4 rings (SSSR count). The number of amides is 1. The number of H-pyrrole nitrogens is 1. The summed E-state index contributed by atoms with van der Waals surface area (Å²) in [7, 11) is -3.67. The molecule has 0 saturated carbocycles. The molecule has 2 N–H and O–H groups in total. The molecule has 0 aliphatic carbocycles. The lowest BCUT2D eigenvalue weighted by Crippen LogP contribution is -2.31. The lowest BCUT2D eigenvalue weighted by atomic mass is 9.97. The molecule has 0 spiro atoms. The van der Waals surface area contributed by atoms with Crippen LogP contribution in [0.2, 0.25) is 0 Å². The van der Waals surface area contributed by atoms with Crippen LogP contribution < -0.4 is 5.32 Å². The van der Waals surface area contributed by atoms with Crippen LogP contribution in [0.4, 0.5) is 0 Å². The van der Waals surface area contributed by atoms with Gasteiger partial charge in [0, 0.05) is 18.7 Å². The monoisotopic (exact) mass is 462 g/mol. The van der Waals surface area contributed by atoms with Crippen LogP contribution in [0.25, 0.3) is 11.0 Å². The zero-order valence-corrected chi connectivity index (χ0v) is 19.3. The summed E-state index contributed by atoms with van der Waals surface area (Å²) in [5.41, 5.74) is 3.79. The highest BCUT2D eigenvalue weighted by Crippen LogP contribution is 2.25. The number of nitrogens with zero attached hydrogens (tertiary/aromatic N) is 2. The summed E-state index contributed by atoms with van der Waals surface area (Å²) in [6.07, 6.45) is 1.63. The predicted molar refractivity (Wildman–Crippen MR) is 128 cm³/mol. The van der Waals surface area contributed by atoms with Gasteiger partial charge in [0.1, 0.15) is 0 Å². The van der Waals surface area contributed by atoms with Crippen molar-refractivity contribution in [3.8, 4) is 0 Å². The second-order valence-electron chi connectivity index (χ2n) is 7.61. The van der Waals surface area contributed by atoms with Crippen molar-refractivity contribution in [2.45, 2.75) is 24.8 Å². The number of imidazole rings is 1. The third-order valence-electron chi connectivity index (χ3n) is 5.63. The molecule has 1 amide bonds. The van der Waals surface area contributed by atoms with Gasteiger partial charge in [-0.3, -0.25) is 4.79 Å². The van der Waals surface area contributed by atoms with E-state index in [0.717, 1.165) is 22.2 Å². The molecular weight excluding hydrogens is 436 g/mol. The SMILES string of the molecule is CCN(CC)S(=O)(=O)c1cccc(C(=O)NC(c2ccccc2)c2ccc3nc[nH]c3c2)c1. The maximum absolute atomic E-state index is 13.3. The van der Waals surface area contributed by atoms with E-state index >= 15 is 0 Å². The van der Waals surface area contributed by atoms with E-state index in [1.54, 1.807) is 32.3 Å². The average Bonchev–Trinajstić information content (AvgIpc) is 3.31. The first-order chi connectivity index (χ1) is 15.9. The van der Waals surface area contributed by atoms with Crippen LogP contribution in [-0.2, 0) is 10.0 Å². The van der Waals surface area contributed by atoms with Crippen LogP contribution in [0.3, 0.4) is 0 Å². The minimum Gasteiger partial charge on any atom is -0.345 e. The second kappa shape index (κ2) is 9.56. The fourth-order valence-electron chi connectivity index (χ4n) is 3.86. The Bertz CT molecular complexity index is 1360. The first-order valence-corrected chi connectivity index (χ1v) is 12.3. The minimum atomic E-state index is -3.67. The van der Waals surface area contributed by atoms with E-state index in [2.05, 4.69) is 15.3 Å². The summed E-state index contributed by atoms with van der Waals surface area (Å²) in [4.78, 5) is 20.7. The summed E-state index contributed by atoms with van der Waals surface area (Å²) in [6, 6.07) is 21.2. The first-order valence-electron chi connectivity index (χ1n) is 10.8. The second-order valence-corrected chi connectivity index (χ2v) is 9.55. The largest absolute Gasteiger partial charge is 0.345 e. The fraction of sp³-hybridized carbons (Fsp3) is 0.200. The van der Waals surface area contributed by atoms with Gasteiger partial charge in [-0.1, -0.05) is 56.3 Å². The highest BCUT2D eigenvalue weighted by atomic mass is 32.2. The van der Waals surface area contributed by atoms with Crippen molar-refractivity contribution in [1.29, 1.82) is 0 Å². The predicted octanol–water partition coefficient (Wildman–Crippen LogP) is 4.11. The topological polar surface area (TPSA) is 95.2 Å². The molecule has 33 heavy (non-hydrogen) atoms. The summed E-state index contributed by atoms with van der Waals surface area (Å²) >= 11 is 0. The Hall–Kier alpha value is -3.49. The molecule has 0 bridgehead atoms. The Morgan fingerprint density at radius 2 is 1.73 bits per heavy atom. The van der Waals surface area contributed by atoms with Gasteiger partial charge < -0.3 is 10.3 Å². The number of rotatable bonds is 8. The molecule has 1 atom stereocenters. The average molecular weight is 463 g/mol. The normalized spacial score (nSPS) is 12.7. The summed E-state index contributed by atoms with van der Waals surface area (Å²) < 4.78 is 27.2. The van der Waals surface area contributed by atoms with Gasteiger partial charge >= 0.3 is 0 Å². The molecule has 1 aromatic heterocycles. The van der Waals surface area contributed by atoms with Gasteiger partial charge in [0.2, 0.25) is 10.0 Å². The van der Waals surface area contributed by atoms with Crippen LogP contribution in [0.15, 0.2) is 84.0 Å². The quantitative estimate of drug-likeness (QED) is 0.412. The number of sulfonamides is 1. The number of aromatic amines is 1. The Kier molecular flexibility index (Phi) is 6.57. The van der Waals surface area contributed by atoms with E-state index in [0.29, 0.717) is 13.1 Å². The van der Waals surface area contributed by atoms with Crippen LogP contribution >= 0.6 is 0 Å². The molecular formula is C25H26N4O3S. The fourth-order valence-corrected chi connectivity index (χ4v) is 5.37. The van der Waals surface area contributed by atoms with Gasteiger partial charge in [0.25, 0.3) is 5.91 Å². The molecule has 0 aliphatic heterocycles. The lowest BCUT2D eigenvalue weighted by molar-refractivity contribution is 0.0942. The molecule has 8 heteroatoms. The Morgan fingerprint density at radius 3 is 2.45 bits per heavy atom. The molecule has 1 unspecified atom stereocenters. The van der Waals surface area contributed by atoms with E-state index in [-0.39, 0.29) is 16.4 Å². The van der Waals surface area contributed by atoms with E-state index in [1.807, 2.05) is 48.5 Å². The van der Waals surface area contributed by atoms with Crippen molar-refractivity contribution in [2.75, 3.05) is 13.1 Å². The molecule has 0 fully saturated rings. The van der Waals surface area contributed by atoms with Crippen LogP contribution in [0, 0.1) is 0 Å². The first kappa shape index (κ1) is 22.7. The van der Waals surface area contributed by atoms with Crippen molar-refractivity contribution in [1.82, 2.24) is 19.6 Å². The highest BCUT2D eigenvalue weighted by Gasteiger charge is 2.24. The highest BCUT2D eigenvalue weighted by molar-refractivity contribution is 7.89. The third kappa shape index (κ3) is 4.67. The summed E-state index contributed by atoms with van der Waals surface area (Å²) in [6.45, 7) is 4.31. The minimum absolute atomic E-state index is 0.106. The van der Waals surface area contributed by atoms with Crippen molar-refractivity contribution in [3.63, 3.8) is 0 Å². The molecule has 0 saturated heterocycles. The van der Waals surface area contributed by atoms with Gasteiger partial charge in [-0.2, -0.15) is 4.31 Å². The number of fused-ring (bicyclic) bond motifs is 1. The van der Waals surface area contributed by atoms with Crippen molar-refractivity contribution in [3.05, 3.63) is 95.8 Å². The van der Waals surface area contributed by atoms with Crippen molar-refractivity contribution < 1.29 is 13.2 Å². The molecule has 0 aliphatic rings. The van der Waals surface area contributed by atoms with Crippen LogP contribution in [-0.4, -0.2) is 41.7 Å². The van der Waals surface area contributed by atoms with Crippen LogP contribution in [0.5, 0.6) is 0 Å². The number of nitrogens with one attached hydrogen (secondary N) is 2. The van der Waals surface area contributed by atoms with Crippen molar-refractivity contribution in [2.24, 2.45) is 0 Å². The van der Waals surface area contributed by atoms with Gasteiger partial charge in [-0.25, -0.2) is 13.4 Å². The Balaban J connectivity index is 1.68. The van der Waals surface area contributed by atoms with Gasteiger partial charge in [-0.05, 0) is 41.5 Å². The van der Waals surface area contributed by atoms with E-state index in [1.165, 1.54) is 16.4 Å². The maximum atomic E-state index is 13.3.